The Morgan fingerprint density at radius 2 is 1.97 bits per heavy atom. The van der Waals surface area contributed by atoms with Gasteiger partial charge >= 0.3 is 5.92 Å². The molecule has 4 aromatic rings. The van der Waals surface area contributed by atoms with Gasteiger partial charge in [-0.15, -0.1) is 10.2 Å². The van der Waals surface area contributed by atoms with E-state index in [1.807, 2.05) is 43.3 Å². The maximum Gasteiger partial charge on any atom is 0.350 e. The summed E-state index contributed by atoms with van der Waals surface area (Å²) >= 11 is 0. The van der Waals surface area contributed by atoms with Crippen molar-refractivity contribution < 1.29 is 13.6 Å². The molecular formula is C25H24F2N8O. The Morgan fingerprint density at radius 1 is 1.14 bits per heavy atom. The van der Waals surface area contributed by atoms with E-state index in [1.54, 1.807) is 6.20 Å². The summed E-state index contributed by atoms with van der Waals surface area (Å²) in [6.07, 6.45) is 6.01. The molecular weight excluding hydrogens is 466 g/mol. The lowest BCUT2D eigenvalue weighted by Crippen LogP contribution is -2.23. The summed E-state index contributed by atoms with van der Waals surface area (Å²) in [6.45, 7) is 0. The summed E-state index contributed by atoms with van der Waals surface area (Å²) in [5, 5.41) is 14.7. The summed E-state index contributed by atoms with van der Waals surface area (Å²) < 4.78 is 34.1. The van der Waals surface area contributed by atoms with Crippen LogP contribution in [0, 0.1) is 5.92 Å². The molecule has 1 fully saturated rings. The Bertz CT molecular complexity index is 1520. The molecule has 1 saturated carbocycles. The lowest BCUT2D eigenvalue weighted by atomic mass is 9.99. The van der Waals surface area contributed by atoms with Gasteiger partial charge in [0.05, 0.1) is 6.20 Å². The van der Waals surface area contributed by atoms with Gasteiger partial charge in [0, 0.05) is 38.3 Å². The Morgan fingerprint density at radius 3 is 2.75 bits per heavy atom. The number of imidazole rings is 1. The van der Waals surface area contributed by atoms with Crippen molar-refractivity contribution in [1.82, 2.24) is 29.4 Å². The Labute approximate surface area is 205 Å². The van der Waals surface area contributed by atoms with E-state index in [1.165, 1.54) is 27.4 Å². The van der Waals surface area contributed by atoms with Gasteiger partial charge in [-0.3, -0.25) is 9.36 Å². The van der Waals surface area contributed by atoms with Crippen LogP contribution in [0.4, 0.5) is 20.3 Å². The number of nitrogens with zero attached hydrogens (tertiary/aromatic N) is 7. The van der Waals surface area contributed by atoms with Crippen molar-refractivity contribution in [2.75, 3.05) is 24.3 Å². The minimum absolute atomic E-state index is 0.00471. The van der Waals surface area contributed by atoms with Crippen molar-refractivity contribution in [3.05, 3.63) is 65.5 Å². The third kappa shape index (κ3) is 3.90. The zero-order valence-corrected chi connectivity index (χ0v) is 19.8. The minimum atomic E-state index is -3.51. The zero-order valence-electron chi connectivity index (χ0n) is 19.8. The fourth-order valence-electron chi connectivity index (χ4n) is 4.31. The number of carbonyl (C=O) groups excluding carboxylic acids is 1. The van der Waals surface area contributed by atoms with Gasteiger partial charge in [0.15, 0.2) is 11.5 Å². The maximum absolute atomic E-state index is 15.7. The second-order valence-corrected chi connectivity index (χ2v) is 9.39. The van der Waals surface area contributed by atoms with Gasteiger partial charge in [-0.25, -0.2) is 9.50 Å². The largest absolute Gasteiger partial charge is 0.378 e. The van der Waals surface area contributed by atoms with Crippen molar-refractivity contribution in [2.45, 2.75) is 31.6 Å². The molecule has 6 rings (SSSR count). The second kappa shape index (κ2) is 8.21. The lowest BCUT2D eigenvalue weighted by molar-refractivity contribution is -0.117. The third-order valence-corrected chi connectivity index (χ3v) is 6.52. The molecule has 36 heavy (non-hydrogen) atoms. The molecule has 1 aliphatic carbocycles. The number of hydrogen-bond donors (Lipinski definition) is 1. The monoisotopic (exact) mass is 490 g/mol. The smallest absolute Gasteiger partial charge is 0.350 e. The van der Waals surface area contributed by atoms with E-state index in [2.05, 4.69) is 25.6 Å². The Kier molecular flexibility index (Phi) is 5.09. The average Bonchev–Trinajstić information content (AvgIpc) is 3.51. The van der Waals surface area contributed by atoms with Crippen molar-refractivity contribution in [2.24, 2.45) is 5.92 Å². The van der Waals surface area contributed by atoms with E-state index in [0.29, 0.717) is 24.3 Å². The van der Waals surface area contributed by atoms with E-state index in [-0.39, 0.29) is 17.6 Å². The number of carbonyl (C=O) groups is 1. The van der Waals surface area contributed by atoms with Crippen molar-refractivity contribution in [1.29, 1.82) is 0 Å². The van der Waals surface area contributed by atoms with Gasteiger partial charge in [0.1, 0.15) is 11.5 Å². The standard InChI is InChI=1S/C25H24F2N8O/c1-33(2)18-5-3-4-16(12-18)17-8-10-22-30-31-24(34(22)13-17)25(26,27)19-9-11-21-28-20(14-35(21)32-19)29-23(36)15-6-7-15/h3-5,9,11-15H,6-8,10H2,1-2H3,(H,29,36). The van der Waals surface area contributed by atoms with Crippen LogP contribution in [-0.4, -0.2) is 49.4 Å². The summed E-state index contributed by atoms with van der Waals surface area (Å²) in [4.78, 5) is 18.3. The van der Waals surface area contributed by atoms with Crippen LogP contribution in [0.15, 0.2) is 42.6 Å². The molecule has 3 aromatic heterocycles. The lowest BCUT2D eigenvalue weighted by Gasteiger charge is -2.20. The van der Waals surface area contributed by atoms with Crippen molar-refractivity contribution in [3.8, 4) is 0 Å². The number of aryl methyl sites for hydroxylation is 1. The molecule has 0 bridgehead atoms. The van der Waals surface area contributed by atoms with Crippen LogP contribution in [0.25, 0.3) is 17.4 Å². The Hall–Kier alpha value is -4.15. The molecule has 1 N–H and O–H groups in total. The first-order valence-electron chi connectivity index (χ1n) is 11.8. The number of anilines is 2. The van der Waals surface area contributed by atoms with E-state index in [9.17, 15) is 4.79 Å². The maximum atomic E-state index is 15.7. The molecule has 9 nitrogen and oxygen atoms in total. The average molecular weight is 491 g/mol. The molecule has 0 saturated heterocycles. The number of nitrogens with one attached hydrogen (secondary N) is 1. The molecule has 0 atom stereocenters. The SMILES string of the molecule is CN(C)c1cccc(C2=Cn3c(nnc3C(F)(F)c3ccc4nc(NC(=O)C5CC5)cn4n3)CC2)c1. The topological polar surface area (TPSA) is 93.2 Å². The first kappa shape index (κ1) is 22.3. The molecule has 1 amide bonds. The summed E-state index contributed by atoms with van der Waals surface area (Å²) in [7, 11) is 3.91. The minimum Gasteiger partial charge on any atom is -0.378 e. The van der Waals surface area contributed by atoms with Gasteiger partial charge in [0.25, 0.3) is 0 Å². The van der Waals surface area contributed by atoms with Crippen molar-refractivity contribution in [3.63, 3.8) is 0 Å². The summed E-state index contributed by atoms with van der Waals surface area (Å²) in [5.74, 6) is -3.35. The highest BCUT2D eigenvalue weighted by Crippen LogP contribution is 2.37. The number of aromatic nitrogens is 6. The molecule has 0 spiro atoms. The normalized spacial score (nSPS) is 15.5. The van der Waals surface area contributed by atoms with Gasteiger partial charge in [-0.05, 0) is 54.7 Å². The van der Waals surface area contributed by atoms with Crippen molar-refractivity contribution >= 4 is 34.8 Å². The number of benzene rings is 1. The van der Waals surface area contributed by atoms with Crippen LogP contribution < -0.4 is 10.2 Å². The third-order valence-electron chi connectivity index (χ3n) is 6.52. The van der Waals surface area contributed by atoms with E-state index < -0.39 is 17.4 Å². The predicted molar refractivity (Wildman–Crippen MR) is 131 cm³/mol. The number of amides is 1. The fraction of sp³-hybridized carbons (Fsp3) is 0.320. The van der Waals surface area contributed by atoms with Gasteiger partial charge in [0.2, 0.25) is 11.7 Å². The van der Waals surface area contributed by atoms with Crippen LogP contribution >= 0.6 is 0 Å². The number of rotatable bonds is 6. The fourth-order valence-corrected chi connectivity index (χ4v) is 4.31. The highest BCUT2D eigenvalue weighted by atomic mass is 19.3. The number of fused-ring (bicyclic) bond motifs is 2. The predicted octanol–water partition coefficient (Wildman–Crippen LogP) is 3.82. The quantitative estimate of drug-likeness (QED) is 0.442. The molecule has 0 radical (unpaired) electrons. The molecule has 4 heterocycles. The van der Waals surface area contributed by atoms with E-state index in [4.69, 9.17) is 0 Å². The van der Waals surface area contributed by atoms with Gasteiger partial charge in [-0.1, -0.05) is 12.1 Å². The molecule has 11 heteroatoms. The number of alkyl halides is 2. The molecule has 1 aliphatic heterocycles. The van der Waals surface area contributed by atoms with Crippen LogP contribution in [-0.2, 0) is 17.1 Å². The first-order valence-corrected chi connectivity index (χ1v) is 11.8. The Balaban J connectivity index is 1.33. The van der Waals surface area contributed by atoms with Crippen LogP contribution in [0.5, 0.6) is 0 Å². The van der Waals surface area contributed by atoms with Crippen LogP contribution in [0.2, 0.25) is 0 Å². The van der Waals surface area contributed by atoms with E-state index >= 15 is 8.78 Å². The van der Waals surface area contributed by atoms with E-state index in [0.717, 1.165) is 29.7 Å². The van der Waals surface area contributed by atoms with Crippen LogP contribution in [0.1, 0.15) is 42.2 Å². The van der Waals surface area contributed by atoms with Gasteiger partial charge < -0.3 is 10.2 Å². The summed E-state index contributed by atoms with van der Waals surface area (Å²) in [6, 6.07) is 10.6. The van der Waals surface area contributed by atoms with Crippen LogP contribution in [0.3, 0.4) is 0 Å². The van der Waals surface area contributed by atoms with Gasteiger partial charge in [-0.2, -0.15) is 13.9 Å². The summed E-state index contributed by atoms with van der Waals surface area (Å²) in [5.41, 5.74) is 2.79. The molecule has 2 aliphatic rings. The second-order valence-electron chi connectivity index (χ2n) is 9.39. The number of hydrogen-bond acceptors (Lipinski definition) is 6. The highest BCUT2D eigenvalue weighted by molar-refractivity contribution is 5.93. The first-order chi connectivity index (χ1) is 17.3. The molecule has 0 unspecified atom stereocenters. The molecule has 1 aromatic carbocycles. The highest BCUT2D eigenvalue weighted by Gasteiger charge is 2.43. The number of allylic oxidation sites excluding steroid dienone is 1. The zero-order chi connectivity index (χ0) is 25.0. The molecule has 184 valence electrons. The number of halogens is 2.